The van der Waals surface area contributed by atoms with Gasteiger partial charge in [0.2, 0.25) is 0 Å². The fourth-order valence-electron chi connectivity index (χ4n) is 2.56. The third kappa shape index (κ3) is 8.10. The Labute approximate surface area is 151 Å². The van der Waals surface area contributed by atoms with Crippen LogP contribution in [0.1, 0.15) is 38.3 Å². The number of Topliss-reactive ketones (excluding diaryl/α,β-unsaturated/α-hetero) is 1. The summed E-state index contributed by atoms with van der Waals surface area (Å²) in [4.78, 5) is 12.1. The lowest BCUT2D eigenvalue weighted by atomic mass is 9.90. The van der Waals surface area contributed by atoms with Crippen molar-refractivity contribution >= 4 is 5.78 Å². The number of rotatable bonds is 9. The summed E-state index contributed by atoms with van der Waals surface area (Å²) in [6.07, 6.45) is 0.687. The lowest BCUT2D eigenvalue weighted by Gasteiger charge is -2.21. The average molecular weight is 340 g/mol. The van der Waals surface area contributed by atoms with Crippen LogP contribution in [0.25, 0.3) is 0 Å². The lowest BCUT2D eigenvalue weighted by molar-refractivity contribution is -0.160. The predicted molar refractivity (Wildman–Crippen MR) is 100 cm³/mol. The molecule has 0 saturated carbocycles. The molecule has 3 heteroatoms. The number of ketones is 1. The summed E-state index contributed by atoms with van der Waals surface area (Å²) in [5, 5.41) is 0. The maximum Gasteiger partial charge on any atom is 0.162 e. The van der Waals surface area contributed by atoms with E-state index in [1.165, 1.54) is 0 Å². The van der Waals surface area contributed by atoms with Crippen molar-refractivity contribution in [3.63, 3.8) is 0 Å². The first-order valence-corrected chi connectivity index (χ1v) is 8.75. The van der Waals surface area contributed by atoms with Gasteiger partial charge in [0.05, 0.1) is 6.61 Å². The molecular formula is C22H28O3. The second-order valence-corrected chi connectivity index (χ2v) is 7.50. The van der Waals surface area contributed by atoms with Gasteiger partial charge in [-0.15, -0.1) is 0 Å². The van der Waals surface area contributed by atoms with Gasteiger partial charge in [0, 0.05) is 12.8 Å². The average Bonchev–Trinajstić information content (AvgIpc) is 2.57. The zero-order chi connectivity index (χ0) is 18.1. The SMILES string of the molecule is CC(C)(C)CC(=O)COC(Cc1ccccc1)OCc1ccccc1. The molecule has 0 bridgehead atoms. The Hall–Kier alpha value is -1.97. The van der Waals surface area contributed by atoms with Crippen LogP contribution in [0.2, 0.25) is 0 Å². The Balaban J connectivity index is 1.92. The summed E-state index contributed by atoms with van der Waals surface area (Å²) in [6.45, 7) is 6.71. The second kappa shape index (κ2) is 9.50. The van der Waals surface area contributed by atoms with E-state index in [0.717, 1.165) is 11.1 Å². The molecule has 1 atom stereocenters. The minimum absolute atomic E-state index is 0.0275. The Kier molecular flexibility index (Phi) is 7.35. The van der Waals surface area contributed by atoms with E-state index in [4.69, 9.17) is 9.47 Å². The molecule has 2 aromatic carbocycles. The molecule has 0 radical (unpaired) electrons. The first-order valence-electron chi connectivity index (χ1n) is 8.75. The van der Waals surface area contributed by atoms with Crippen molar-refractivity contribution in [1.82, 2.24) is 0 Å². The minimum Gasteiger partial charge on any atom is -0.348 e. The van der Waals surface area contributed by atoms with Gasteiger partial charge >= 0.3 is 0 Å². The molecule has 134 valence electrons. The Morgan fingerprint density at radius 3 is 2.00 bits per heavy atom. The highest BCUT2D eigenvalue weighted by atomic mass is 16.7. The summed E-state index contributed by atoms with van der Waals surface area (Å²) in [7, 11) is 0. The zero-order valence-corrected chi connectivity index (χ0v) is 15.4. The van der Waals surface area contributed by atoms with Gasteiger partial charge < -0.3 is 9.47 Å². The third-order valence-electron chi connectivity index (χ3n) is 3.68. The summed E-state index contributed by atoms with van der Waals surface area (Å²) in [5.74, 6) is 0.105. The van der Waals surface area contributed by atoms with Gasteiger partial charge in [-0.1, -0.05) is 81.4 Å². The topological polar surface area (TPSA) is 35.5 Å². The molecule has 0 aromatic heterocycles. The Bertz CT molecular complexity index is 629. The molecule has 3 nitrogen and oxygen atoms in total. The third-order valence-corrected chi connectivity index (χ3v) is 3.68. The van der Waals surface area contributed by atoms with E-state index in [1.54, 1.807) is 0 Å². The van der Waals surface area contributed by atoms with Gasteiger partial charge in [0.1, 0.15) is 6.61 Å². The number of ether oxygens (including phenoxy) is 2. The number of hydrogen-bond donors (Lipinski definition) is 0. The quantitative estimate of drug-likeness (QED) is 0.616. The fraction of sp³-hybridized carbons (Fsp3) is 0.409. The van der Waals surface area contributed by atoms with Crippen LogP contribution in [0.3, 0.4) is 0 Å². The van der Waals surface area contributed by atoms with Gasteiger partial charge in [-0.2, -0.15) is 0 Å². The van der Waals surface area contributed by atoms with Crippen molar-refractivity contribution < 1.29 is 14.3 Å². The smallest absolute Gasteiger partial charge is 0.162 e. The van der Waals surface area contributed by atoms with Gasteiger partial charge in [-0.3, -0.25) is 4.79 Å². The van der Waals surface area contributed by atoms with Crippen molar-refractivity contribution in [3.05, 3.63) is 71.8 Å². The molecule has 25 heavy (non-hydrogen) atoms. The Morgan fingerprint density at radius 2 is 1.44 bits per heavy atom. The monoisotopic (exact) mass is 340 g/mol. The van der Waals surface area contributed by atoms with E-state index in [2.05, 4.69) is 20.8 Å². The largest absolute Gasteiger partial charge is 0.348 e. The van der Waals surface area contributed by atoms with Crippen LogP contribution in [0.5, 0.6) is 0 Å². The van der Waals surface area contributed by atoms with Crippen LogP contribution < -0.4 is 0 Å². The van der Waals surface area contributed by atoms with Crippen LogP contribution >= 0.6 is 0 Å². The molecule has 0 amide bonds. The first-order chi connectivity index (χ1) is 11.9. The van der Waals surface area contributed by atoms with Crippen LogP contribution in [-0.2, 0) is 27.3 Å². The molecule has 0 aliphatic heterocycles. The van der Waals surface area contributed by atoms with E-state index in [9.17, 15) is 4.79 Å². The van der Waals surface area contributed by atoms with Crippen molar-refractivity contribution in [1.29, 1.82) is 0 Å². The minimum atomic E-state index is -0.438. The highest BCUT2D eigenvalue weighted by Crippen LogP contribution is 2.19. The Morgan fingerprint density at radius 1 is 0.880 bits per heavy atom. The van der Waals surface area contributed by atoms with E-state index < -0.39 is 6.29 Å². The summed E-state index contributed by atoms with van der Waals surface area (Å²) >= 11 is 0. The molecule has 0 saturated heterocycles. The highest BCUT2D eigenvalue weighted by molar-refractivity contribution is 5.80. The van der Waals surface area contributed by atoms with Crippen LogP contribution in [0.4, 0.5) is 0 Å². The van der Waals surface area contributed by atoms with Crippen LogP contribution in [0.15, 0.2) is 60.7 Å². The molecule has 0 spiro atoms. The van der Waals surface area contributed by atoms with E-state index in [-0.39, 0.29) is 17.8 Å². The van der Waals surface area contributed by atoms with E-state index >= 15 is 0 Å². The fourth-order valence-corrected chi connectivity index (χ4v) is 2.56. The normalized spacial score (nSPS) is 12.8. The molecule has 0 N–H and O–H groups in total. The van der Waals surface area contributed by atoms with Gasteiger partial charge in [-0.25, -0.2) is 0 Å². The predicted octanol–water partition coefficient (Wildman–Crippen LogP) is 4.79. The van der Waals surface area contributed by atoms with E-state index in [0.29, 0.717) is 19.4 Å². The highest BCUT2D eigenvalue weighted by Gasteiger charge is 2.18. The summed E-state index contributed by atoms with van der Waals surface area (Å²) in [6, 6.07) is 20.0. The van der Waals surface area contributed by atoms with Crippen LogP contribution in [0, 0.1) is 5.41 Å². The molecule has 0 heterocycles. The molecule has 2 rings (SSSR count). The van der Waals surface area contributed by atoms with Gasteiger partial charge in [-0.05, 0) is 16.5 Å². The number of carbonyl (C=O) groups excluding carboxylic acids is 1. The number of hydrogen-bond acceptors (Lipinski definition) is 3. The van der Waals surface area contributed by atoms with Gasteiger partial charge in [0.25, 0.3) is 0 Å². The molecule has 0 fully saturated rings. The molecular weight excluding hydrogens is 312 g/mol. The van der Waals surface area contributed by atoms with Crippen molar-refractivity contribution in [2.24, 2.45) is 5.41 Å². The molecule has 1 unspecified atom stereocenters. The zero-order valence-electron chi connectivity index (χ0n) is 15.4. The van der Waals surface area contributed by atoms with Crippen molar-refractivity contribution in [3.8, 4) is 0 Å². The molecule has 0 aliphatic rings. The lowest BCUT2D eigenvalue weighted by Crippen LogP contribution is -2.25. The molecule has 2 aromatic rings. The van der Waals surface area contributed by atoms with Crippen molar-refractivity contribution in [2.75, 3.05) is 6.61 Å². The standard InChI is InChI=1S/C22H28O3/c1-22(2,3)15-20(23)17-25-21(14-18-10-6-4-7-11-18)24-16-19-12-8-5-9-13-19/h4-13,21H,14-17H2,1-3H3. The summed E-state index contributed by atoms with van der Waals surface area (Å²) < 4.78 is 11.7. The van der Waals surface area contributed by atoms with Crippen LogP contribution in [-0.4, -0.2) is 18.7 Å². The van der Waals surface area contributed by atoms with Crippen molar-refractivity contribution in [2.45, 2.75) is 46.5 Å². The second-order valence-electron chi connectivity index (χ2n) is 7.50. The van der Waals surface area contributed by atoms with E-state index in [1.807, 2.05) is 60.7 Å². The number of carbonyl (C=O) groups is 1. The number of benzene rings is 2. The maximum atomic E-state index is 12.1. The van der Waals surface area contributed by atoms with Gasteiger partial charge in [0.15, 0.2) is 12.1 Å². The first kappa shape index (κ1) is 19.4. The summed E-state index contributed by atoms with van der Waals surface area (Å²) in [5.41, 5.74) is 2.19. The maximum absolute atomic E-state index is 12.1. The molecule has 0 aliphatic carbocycles.